The van der Waals surface area contributed by atoms with Gasteiger partial charge in [-0.1, -0.05) is 37.5 Å². The van der Waals surface area contributed by atoms with Gasteiger partial charge in [0.1, 0.15) is 16.6 Å². The van der Waals surface area contributed by atoms with Crippen LogP contribution in [0.25, 0.3) is 10.6 Å². The molecule has 0 radical (unpaired) electrons. The van der Waals surface area contributed by atoms with E-state index in [4.69, 9.17) is 0 Å². The lowest BCUT2D eigenvalue weighted by atomic mass is 9.76. The molecule has 1 fully saturated rings. The molecule has 0 bridgehead atoms. The fourth-order valence-electron chi connectivity index (χ4n) is 5.01. The summed E-state index contributed by atoms with van der Waals surface area (Å²) in [6, 6.07) is 10.9. The van der Waals surface area contributed by atoms with Crippen LogP contribution in [0.5, 0.6) is 0 Å². The number of thiazole rings is 1. The molecule has 35 heavy (non-hydrogen) atoms. The number of aliphatic hydroxyl groups excluding tert-OH is 1. The van der Waals surface area contributed by atoms with Gasteiger partial charge in [0, 0.05) is 42.2 Å². The van der Waals surface area contributed by atoms with Gasteiger partial charge in [-0.25, -0.2) is 13.8 Å². The van der Waals surface area contributed by atoms with E-state index in [0.717, 1.165) is 54.3 Å². The molecule has 2 atom stereocenters. The first kappa shape index (κ1) is 25.4. The van der Waals surface area contributed by atoms with Crippen molar-refractivity contribution in [2.45, 2.75) is 63.1 Å². The second-order valence-electron chi connectivity index (χ2n) is 9.30. The van der Waals surface area contributed by atoms with Crippen molar-refractivity contribution in [3.63, 3.8) is 0 Å². The fraction of sp³-hybridized carbons (Fsp3) is 0.407. The molecule has 1 heterocycles. The number of rotatable bonds is 9. The highest BCUT2D eigenvalue weighted by atomic mass is 32.1. The van der Waals surface area contributed by atoms with E-state index in [2.05, 4.69) is 33.8 Å². The van der Waals surface area contributed by atoms with Gasteiger partial charge in [0.05, 0.1) is 12.1 Å². The zero-order chi connectivity index (χ0) is 24.8. The van der Waals surface area contributed by atoms with Gasteiger partial charge in [0.15, 0.2) is 0 Å². The smallest absolute Gasteiger partial charge is 0.217 e. The Labute approximate surface area is 208 Å². The summed E-state index contributed by atoms with van der Waals surface area (Å²) in [4.78, 5) is 16.3. The molecule has 1 aliphatic rings. The zero-order valence-corrected chi connectivity index (χ0v) is 20.6. The third kappa shape index (κ3) is 6.51. The molecule has 3 N–H and O–H groups in total. The maximum atomic E-state index is 13.7. The Hall–Kier alpha value is -2.68. The quantitative estimate of drug-likeness (QED) is 0.390. The summed E-state index contributed by atoms with van der Waals surface area (Å²) in [6.45, 7) is 1.59. The molecule has 5 nitrogen and oxygen atoms in total. The highest BCUT2D eigenvalue weighted by molar-refractivity contribution is 7.13. The number of halogens is 2. The summed E-state index contributed by atoms with van der Waals surface area (Å²) in [6.07, 6.45) is 6.13. The van der Waals surface area contributed by atoms with Crippen LogP contribution in [0, 0.1) is 11.6 Å². The van der Waals surface area contributed by atoms with E-state index in [1.807, 2.05) is 11.4 Å². The number of hydrogen-bond acceptors (Lipinski definition) is 5. The van der Waals surface area contributed by atoms with Gasteiger partial charge < -0.3 is 15.7 Å². The molecule has 1 aromatic heterocycles. The Kier molecular flexibility index (Phi) is 8.26. The number of aliphatic hydroxyl groups is 1. The lowest BCUT2D eigenvalue weighted by Gasteiger charge is -2.40. The predicted molar refractivity (Wildman–Crippen MR) is 134 cm³/mol. The second-order valence-corrected chi connectivity index (χ2v) is 10.2. The van der Waals surface area contributed by atoms with Crippen LogP contribution in [0.3, 0.4) is 0 Å². The van der Waals surface area contributed by atoms with Gasteiger partial charge in [0.25, 0.3) is 0 Å². The number of nitrogens with zero attached hydrogens (tertiary/aromatic N) is 1. The van der Waals surface area contributed by atoms with Crippen LogP contribution in [0.2, 0.25) is 0 Å². The molecule has 0 aliphatic heterocycles. The maximum Gasteiger partial charge on any atom is 0.217 e. The fourth-order valence-corrected chi connectivity index (χ4v) is 5.64. The minimum Gasteiger partial charge on any atom is -0.390 e. The lowest BCUT2D eigenvalue weighted by Crippen LogP contribution is -2.53. The van der Waals surface area contributed by atoms with E-state index >= 15 is 0 Å². The summed E-state index contributed by atoms with van der Waals surface area (Å²) in [5, 5.41) is 20.4. The van der Waals surface area contributed by atoms with Crippen molar-refractivity contribution in [1.29, 1.82) is 0 Å². The first-order chi connectivity index (χ1) is 16.8. The molecule has 3 aromatic rings. The van der Waals surface area contributed by atoms with Crippen LogP contribution in [0.15, 0.2) is 54.0 Å². The van der Waals surface area contributed by atoms with Crippen molar-refractivity contribution in [1.82, 2.24) is 15.6 Å². The van der Waals surface area contributed by atoms with Gasteiger partial charge in [-0.2, -0.15) is 0 Å². The summed E-state index contributed by atoms with van der Waals surface area (Å²) in [5.74, 6) is -1.68. The molecule has 8 heteroatoms. The molecular weight excluding hydrogens is 468 g/mol. The summed E-state index contributed by atoms with van der Waals surface area (Å²) in [7, 11) is 0. The third-order valence-electron chi connectivity index (χ3n) is 6.68. The molecule has 2 aromatic carbocycles. The summed E-state index contributed by atoms with van der Waals surface area (Å²) < 4.78 is 27.4. The van der Waals surface area contributed by atoms with Gasteiger partial charge in [0.2, 0.25) is 5.91 Å². The molecule has 4 rings (SSSR count). The zero-order valence-electron chi connectivity index (χ0n) is 19.8. The van der Waals surface area contributed by atoms with Crippen molar-refractivity contribution in [3.05, 3.63) is 76.8 Å². The van der Waals surface area contributed by atoms with Crippen molar-refractivity contribution in [3.8, 4) is 10.6 Å². The van der Waals surface area contributed by atoms with Crippen molar-refractivity contribution >= 4 is 17.2 Å². The Morgan fingerprint density at radius 1 is 1.14 bits per heavy atom. The number of carbonyl (C=O) groups excluding carboxylic acids is 1. The number of carbonyl (C=O) groups is 1. The average Bonchev–Trinajstić information content (AvgIpc) is 3.37. The Balaban J connectivity index is 1.53. The van der Waals surface area contributed by atoms with Crippen molar-refractivity contribution in [2.75, 3.05) is 6.54 Å². The monoisotopic (exact) mass is 499 g/mol. The van der Waals surface area contributed by atoms with Crippen molar-refractivity contribution in [2.24, 2.45) is 0 Å². The first-order valence-electron chi connectivity index (χ1n) is 12.0. The van der Waals surface area contributed by atoms with Gasteiger partial charge in [-0.15, -0.1) is 11.3 Å². The van der Waals surface area contributed by atoms with Crippen LogP contribution >= 0.6 is 11.3 Å². The number of hydrogen-bond donors (Lipinski definition) is 3. The molecule has 186 valence electrons. The Morgan fingerprint density at radius 2 is 1.89 bits per heavy atom. The largest absolute Gasteiger partial charge is 0.390 e. The Morgan fingerprint density at radius 3 is 2.54 bits per heavy atom. The topological polar surface area (TPSA) is 74.2 Å². The molecule has 1 aliphatic carbocycles. The highest BCUT2D eigenvalue weighted by Crippen LogP contribution is 2.38. The first-order valence-corrected chi connectivity index (χ1v) is 12.9. The number of aromatic nitrogens is 1. The van der Waals surface area contributed by atoms with E-state index in [-0.39, 0.29) is 24.4 Å². The molecule has 0 saturated heterocycles. The van der Waals surface area contributed by atoms with Crippen LogP contribution in [-0.4, -0.2) is 34.7 Å². The van der Waals surface area contributed by atoms with E-state index in [9.17, 15) is 18.7 Å². The molecular formula is C27H31F2N3O2S. The SMILES string of the molecule is CC(=O)N[C@@H](Cc1cc(F)cc(F)c1)[C@@H](O)CNC1(c2cccc(-c3nccs3)c2)CCCCC1. The Bertz CT molecular complexity index is 1110. The van der Waals surface area contributed by atoms with Gasteiger partial charge in [-0.3, -0.25) is 4.79 Å². The number of nitrogens with one attached hydrogen (secondary N) is 2. The van der Waals surface area contributed by atoms with Crippen LogP contribution in [0.4, 0.5) is 8.78 Å². The van der Waals surface area contributed by atoms with Crippen LogP contribution in [0.1, 0.15) is 50.2 Å². The van der Waals surface area contributed by atoms with E-state index in [1.165, 1.54) is 19.1 Å². The maximum absolute atomic E-state index is 13.7. The van der Waals surface area contributed by atoms with Crippen LogP contribution in [-0.2, 0) is 16.8 Å². The number of amides is 1. The van der Waals surface area contributed by atoms with Crippen molar-refractivity contribution < 1.29 is 18.7 Å². The van der Waals surface area contributed by atoms with E-state index < -0.39 is 23.8 Å². The highest BCUT2D eigenvalue weighted by Gasteiger charge is 2.35. The third-order valence-corrected chi connectivity index (χ3v) is 7.50. The summed E-state index contributed by atoms with van der Waals surface area (Å²) >= 11 is 1.60. The van der Waals surface area contributed by atoms with Gasteiger partial charge >= 0.3 is 0 Å². The molecule has 0 spiro atoms. The summed E-state index contributed by atoms with van der Waals surface area (Å²) in [5.41, 5.74) is 2.29. The van der Waals surface area contributed by atoms with Crippen LogP contribution < -0.4 is 10.6 Å². The van der Waals surface area contributed by atoms with E-state index in [0.29, 0.717) is 5.56 Å². The molecule has 0 unspecified atom stereocenters. The molecule has 1 amide bonds. The average molecular weight is 500 g/mol. The normalized spacial score (nSPS) is 17.0. The lowest BCUT2D eigenvalue weighted by molar-refractivity contribution is -0.120. The van der Waals surface area contributed by atoms with E-state index in [1.54, 1.807) is 17.5 Å². The minimum atomic E-state index is -0.953. The second kappa shape index (κ2) is 11.4. The van der Waals surface area contributed by atoms with Gasteiger partial charge in [-0.05, 0) is 48.6 Å². The standard InChI is InChI=1S/C27H31F2N3O2S/c1-18(33)32-24(14-19-12-22(28)16-23(29)13-19)25(34)17-31-27(8-3-2-4-9-27)21-7-5-6-20(15-21)26-30-10-11-35-26/h5-7,10-13,15-16,24-25,31,34H,2-4,8-9,14,17H2,1H3,(H,32,33)/t24-,25-/m0/s1. The molecule has 1 saturated carbocycles. The predicted octanol–water partition coefficient (Wildman–Crippen LogP) is 4.95. The minimum absolute atomic E-state index is 0.115. The number of benzene rings is 2.